The topological polar surface area (TPSA) is 56.5 Å². The van der Waals surface area contributed by atoms with Crippen LogP contribution in [0.5, 0.6) is 5.75 Å². The fourth-order valence-electron chi connectivity index (χ4n) is 2.72. The fraction of sp³-hybridized carbons (Fsp3) is 0.118. The summed E-state index contributed by atoms with van der Waals surface area (Å²) in [5.74, 6) is 0.672. The summed E-state index contributed by atoms with van der Waals surface area (Å²) in [5.41, 5.74) is 2.88. The molecule has 3 aromatic heterocycles. The van der Waals surface area contributed by atoms with Gasteiger partial charge in [0.25, 0.3) is 5.56 Å². The Labute approximate surface area is 125 Å². The Bertz CT molecular complexity index is 1100. The van der Waals surface area contributed by atoms with Gasteiger partial charge in [-0.1, -0.05) is 18.2 Å². The maximum atomic E-state index is 12.7. The van der Waals surface area contributed by atoms with Gasteiger partial charge >= 0.3 is 0 Å². The quantitative estimate of drug-likeness (QED) is 0.400. The number of pyridine rings is 2. The number of nitrogens with zero attached hydrogens (tertiary/aromatic N) is 3. The monoisotopic (exact) mass is 291 g/mol. The number of benzene rings is 1. The number of para-hydroxylation sites is 1. The van der Waals surface area contributed by atoms with Crippen LogP contribution in [0.4, 0.5) is 0 Å². The van der Waals surface area contributed by atoms with Gasteiger partial charge < -0.3 is 4.74 Å². The predicted molar refractivity (Wildman–Crippen MR) is 85.6 cm³/mol. The summed E-state index contributed by atoms with van der Waals surface area (Å²) in [6.45, 7) is 1.94. The van der Waals surface area contributed by atoms with E-state index in [-0.39, 0.29) is 5.56 Å². The molecular weight excluding hydrogens is 278 g/mol. The summed E-state index contributed by atoms with van der Waals surface area (Å²) >= 11 is 0. The number of ether oxygens (including phenoxy) is 1. The number of hydrogen-bond donors (Lipinski definition) is 0. The molecule has 0 spiro atoms. The van der Waals surface area contributed by atoms with E-state index in [2.05, 4.69) is 9.97 Å². The Hall–Kier alpha value is -2.95. The average molecular weight is 291 g/mol. The smallest absolute Gasteiger partial charge is 0.267 e. The zero-order valence-corrected chi connectivity index (χ0v) is 12.2. The van der Waals surface area contributed by atoms with Crippen LogP contribution in [0.25, 0.3) is 27.5 Å². The molecular formula is C17H13N3O2. The van der Waals surface area contributed by atoms with Crippen molar-refractivity contribution in [2.45, 2.75) is 6.92 Å². The minimum Gasteiger partial charge on any atom is -0.494 e. The molecule has 0 N–H and O–H groups in total. The van der Waals surface area contributed by atoms with E-state index in [9.17, 15) is 4.79 Å². The largest absolute Gasteiger partial charge is 0.494 e. The molecule has 5 nitrogen and oxygen atoms in total. The van der Waals surface area contributed by atoms with E-state index in [0.29, 0.717) is 27.8 Å². The molecule has 0 saturated heterocycles. The van der Waals surface area contributed by atoms with Gasteiger partial charge in [-0.25, -0.2) is 4.98 Å². The van der Waals surface area contributed by atoms with Crippen LogP contribution in [0.2, 0.25) is 0 Å². The number of rotatable bonds is 1. The molecule has 4 aromatic rings. The molecule has 108 valence electrons. The molecule has 0 radical (unpaired) electrons. The molecule has 0 bridgehead atoms. The number of methoxy groups -OCH3 is 1. The second-order valence-corrected chi connectivity index (χ2v) is 5.23. The molecule has 0 atom stereocenters. The summed E-state index contributed by atoms with van der Waals surface area (Å²) in [7, 11) is 1.60. The highest BCUT2D eigenvalue weighted by Gasteiger charge is 2.12. The van der Waals surface area contributed by atoms with E-state index >= 15 is 0 Å². The third kappa shape index (κ3) is 1.69. The fourth-order valence-corrected chi connectivity index (χ4v) is 2.72. The van der Waals surface area contributed by atoms with E-state index in [1.807, 2.05) is 37.3 Å². The van der Waals surface area contributed by atoms with Crippen LogP contribution in [-0.2, 0) is 0 Å². The van der Waals surface area contributed by atoms with Crippen LogP contribution in [0.15, 0.2) is 47.5 Å². The first-order chi connectivity index (χ1) is 10.7. The second-order valence-electron chi connectivity index (χ2n) is 5.23. The lowest BCUT2D eigenvalue weighted by atomic mass is 10.1. The van der Waals surface area contributed by atoms with Gasteiger partial charge in [-0.2, -0.15) is 0 Å². The second kappa shape index (κ2) is 4.53. The molecule has 0 aliphatic heterocycles. The van der Waals surface area contributed by atoms with Gasteiger partial charge in [0, 0.05) is 17.8 Å². The van der Waals surface area contributed by atoms with E-state index in [4.69, 9.17) is 4.74 Å². The van der Waals surface area contributed by atoms with Crippen molar-refractivity contribution in [2.24, 2.45) is 0 Å². The van der Waals surface area contributed by atoms with Crippen molar-refractivity contribution in [3.8, 4) is 5.75 Å². The highest BCUT2D eigenvalue weighted by atomic mass is 16.5. The molecule has 1 aromatic carbocycles. The highest BCUT2D eigenvalue weighted by Crippen LogP contribution is 2.27. The van der Waals surface area contributed by atoms with E-state index < -0.39 is 0 Å². The summed E-state index contributed by atoms with van der Waals surface area (Å²) < 4.78 is 6.90. The number of aryl methyl sites for hydroxylation is 1. The van der Waals surface area contributed by atoms with E-state index in [1.54, 1.807) is 23.9 Å². The summed E-state index contributed by atoms with van der Waals surface area (Å²) in [6, 6.07) is 9.42. The van der Waals surface area contributed by atoms with Crippen LogP contribution in [0.1, 0.15) is 5.56 Å². The molecule has 5 heteroatoms. The molecule has 0 amide bonds. The molecule has 22 heavy (non-hydrogen) atoms. The molecule has 3 heterocycles. The minimum atomic E-state index is -0.110. The SMILES string of the molecule is COc1cccc2c1ncc1c(=O)n3cc(C)ccc3nc12. The van der Waals surface area contributed by atoms with Gasteiger partial charge in [-0.3, -0.25) is 14.2 Å². The Morgan fingerprint density at radius 1 is 1.09 bits per heavy atom. The standard InChI is InChI=1S/C17H13N3O2/c1-10-6-7-14-19-15-11-4-3-5-13(22-2)16(11)18-8-12(15)17(21)20(14)9-10/h3-9H,1-2H3. The van der Waals surface area contributed by atoms with Gasteiger partial charge in [0.15, 0.2) is 0 Å². The predicted octanol–water partition coefficient (Wildman–Crippen LogP) is 2.71. The normalized spacial score (nSPS) is 11.4. The van der Waals surface area contributed by atoms with Crippen LogP contribution >= 0.6 is 0 Å². The lowest BCUT2D eigenvalue weighted by molar-refractivity contribution is 0.419. The lowest BCUT2D eigenvalue weighted by Crippen LogP contribution is -2.15. The third-order valence-electron chi connectivity index (χ3n) is 3.80. The van der Waals surface area contributed by atoms with Gasteiger partial charge in [0.2, 0.25) is 0 Å². The first-order valence-electron chi connectivity index (χ1n) is 6.93. The van der Waals surface area contributed by atoms with Gasteiger partial charge in [0.05, 0.1) is 18.0 Å². The molecule has 4 rings (SSSR count). The first kappa shape index (κ1) is 12.8. The highest BCUT2D eigenvalue weighted by molar-refractivity contribution is 6.05. The number of aromatic nitrogens is 3. The van der Waals surface area contributed by atoms with Crippen molar-refractivity contribution in [3.63, 3.8) is 0 Å². The van der Waals surface area contributed by atoms with Gasteiger partial charge in [-0.15, -0.1) is 0 Å². The summed E-state index contributed by atoms with van der Waals surface area (Å²) in [6.07, 6.45) is 3.37. The molecule has 0 fully saturated rings. The van der Waals surface area contributed by atoms with Crippen LogP contribution in [-0.4, -0.2) is 21.5 Å². The maximum Gasteiger partial charge on any atom is 0.267 e. The first-order valence-corrected chi connectivity index (χ1v) is 6.93. The zero-order chi connectivity index (χ0) is 15.3. The average Bonchev–Trinajstić information content (AvgIpc) is 2.55. The van der Waals surface area contributed by atoms with Crippen molar-refractivity contribution >= 4 is 27.5 Å². The van der Waals surface area contributed by atoms with Gasteiger partial charge in [0.1, 0.15) is 16.9 Å². The Balaban J connectivity index is 2.26. The summed E-state index contributed by atoms with van der Waals surface area (Å²) in [5, 5.41) is 1.32. The molecule has 0 aliphatic rings. The third-order valence-corrected chi connectivity index (χ3v) is 3.80. The Morgan fingerprint density at radius 3 is 2.77 bits per heavy atom. The summed E-state index contributed by atoms with van der Waals surface area (Å²) in [4.78, 5) is 21.7. The minimum absolute atomic E-state index is 0.110. The van der Waals surface area contributed by atoms with Crippen molar-refractivity contribution in [2.75, 3.05) is 7.11 Å². The van der Waals surface area contributed by atoms with Crippen molar-refractivity contribution in [1.82, 2.24) is 14.4 Å². The van der Waals surface area contributed by atoms with Crippen molar-refractivity contribution < 1.29 is 4.74 Å². The van der Waals surface area contributed by atoms with Crippen LogP contribution < -0.4 is 10.3 Å². The van der Waals surface area contributed by atoms with E-state index in [0.717, 1.165) is 10.9 Å². The lowest BCUT2D eigenvalue weighted by Gasteiger charge is -2.08. The Morgan fingerprint density at radius 2 is 1.95 bits per heavy atom. The van der Waals surface area contributed by atoms with Crippen LogP contribution in [0.3, 0.4) is 0 Å². The maximum absolute atomic E-state index is 12.7. The van der Waals surface area contributed by atoms with E-state index in [1.165, 1.54) is 0 Å². The molecule has 0 aliphatic carbocycles. The Kier molecular flexibility index (Phi) is 2.63. The molecule has 0 unspecified atom stereocenters. The van der Waals surface area contributed by atoms with Gasteiger partial charge in [-0.05, 0) is 24.6 Å². The number of hydrogen-bond acceptors (Lipinski definition) is 4. The van der Waals surface area contributed by atoms with Crippen molar-refractivity contribution in [1.29, 1.82) is 0 Å². The van der Waals surface area contributed by atoms with Crippen molar-refractivity contribution in [3.05, 3.63) is 58.6 Å². The molecule has 0 saturated carbocycles. The zero-order valence-electron chi connectivity index (χ0n) is 12.2. The van der Waals surface area contributed by atoms with Crippen LogP contribution in [0, 0.1) is 6.92 Å². The number of fused-ring (bicyclic) bond motifs is 4.